The molecular formula is C12H15N3OS. The van der Waals surface area contributed by atoms with E-state index in [1.807, 2.05) is 16.8 Å². The van der Waals surface area contributed by atoms with Crippen molar-refractivity contribution < 1.29 is 0 Å². The first kappa shape index (κ1) is 10.8. The summed E-state index contributed by atoms with van der Waals surface area (Å²) in [6, 6.07) is 1.91. The maximum Gasteiger partial charge on any atom is 0.270 e. The molecule has 0 aliphatic heterocycles. The Morgan fingerprint density at radius 1 is 1.47 bits per heavy atom. The fourth-order valence-corrected chi connectivity index (χ4v) is 3.36. The Morgan fingerprint density at radius 3 is 3.00 bits per heavy atom. The fraction of sp³-hybridized carbons (Fsp3) is 0.500. The van der Waals surface area contributed by atoms with E-state index < -0.39 is 0 Å². The molecule has 90 valence electrons. The van der Waals surface area contributed by atoms with Crippen LogP contribution in [-0.2, 0) is 6.54 Å². The smallest absolute Gasteiger partial charge is 0.270 e. The molecule has 0 bridgehead atoms. The van der Waals surface area contributed by atoms with Crippen LogP contribution in [-0.4, -0.2) is 8.94 Å². The molecule has 0 unspecified atom stereocenters. The number of hydrogen-bond acceptors (Lipinski definition) is 4. The number of fused-ring (bicyclic) bond motifs is 1. The number of nitrogen functional groups attached to an aromatic ring is 1. The van der Waals surface area contributed by atoms with Crippen LogP contribution in [0.5, 0.6) is 0 Å². The van der Waals surface area contributed by atoms with Crippen molar-refractivity contribution in [2.75, 3.05) is 5.73 Å². The quantitative estimate of drug-likeness (QED) is 0.887. The molecule has 2 aromatic heterocycles. The Morgan fingerprint density at radius 2 is 2.24 bits per heavy atom. The molecule has 2 heterocycles. The number of pyridine rings is 1. The number of nitrogens with two attached hydrogens (primary N) is 1. The van der Waals surface area contributed by atoms with E-state index in [0.29, 0.717) is 16.4 Å². The Labute approximate surface area is 103 Å². The van der Waals surface area contributed by atoms with Crippen molar-refractivity contribution in [3.8, 4) is 0 Å². The number of rotatable bonds is 2. The highest BCUT2D eigenvalue weighted by molar-refractivity contribution is 7.13. The summed E-state index contributed by atoms with van der Waals surface area (Å²) in [6.07, 6.45) is 6.95. The molecule has 17 heavy (non-hydrogen) atoms. The summed E-state index contributed by atoms with van der Waals surface area (Å²) in [7, 11) is 0. The number of aromatic nitrogens is 2. The monoisotopic (exact) mass is 249 g/mol. The molecule has 1 aliphatic carbocycles. The van der Waals surface area contributed by atoms with Gasteiger partial charge in [-0.1, -0.05) is 12.8 Å². The van der Waals surface area contributed by atoms with Crippen molar-refractivity contribution in [1.82, 2.24) is 8.94 Å². The van der Waals surface area contributed by atoms with E-state index in [2.05, 4.69) is 4.37 Å². The Hall–Kier alpha value is -1.36. The van der Waals surface area contributed by atoms with Gasteiger partial charge in [-0.2, -0.15) is 4.37 Å². The lowest BCUT2D eigenvalue weighted by atomic mass is 10.1. The van der Waals surface area contributed by atoms with E-state index in [0.717, 1.165) is 11.9 Å². The van der Waals surface area contributed by atoms with Crippen LogP contribution in [0.15, 0.2) is 17.1 Å². The molecule has 0 saturated heterocycles. The zero-order chi connectivity index (χ0) is 11.8. The second-order valence-electron chi connectivity index (χ2n) is 4.73. The number of nitrogens with zero attached hydrogens (tertiary/aromatic N) is 2. The third-order valence-electron chi connectivity index (χ3n) is 3.56. The van der Waals surface area contributed by atoms with Crippen LogP contribution in [0.25, 0.3) is 10.1 Å². The van der Waals surface area contributed by atoms with Crippen LogP contribution in [0, 0.1) is 5.92 Å². The van der Waals surface area contributed by atoms with Gasteiger partial charge in [0.25, 0.3) is 5.56 Å². The average molecular weight is 249 g/mol. The SMILES string of the molecule is Nc1nsc2c(=O)n(CC3CCCC3)ccc12. The maximum absolute atomic E-state index is 12.2. The lowest BCUT2D eigenvalue weighted by Gasteiger charge is -2.11. The first-order valence-electron chi connectivity index (χ1n) is 6.00. The lowest BCUT2D eigenvalue weighted by molar-refractivity contribution is 0.451. The highest BCUT2D eigenvalue weighted by Crippen LogP contribution is 2.26. The zero-order valence-electron chi connectivity index (χ0n) is 9.56. The highest BCUT2D eigenvalue weighted by Gasteiger charge is 2.17. The van der Waals surface area contributed by atoms with Gasteiger partial charge in [0.1, 0.15) is 10.5 Å². The normalized spacial score (nSPS) is 16.9. The molecular weight excluding hydrogens is 234 g/mol. The third-order valence-corrected chi connectivity index (χ3v) is 4.43. The first-order chi connectivity index (χ1) is 8.25. The molecule has 0 spiro atoms. The summed E-state index contributed by atoms with van der Waals surface area (Å²) in [6.45, 7) is 0.840. The van der Waals surface area contributed by atoms with Crippen molar-refractivity contribution in [2.24, 2.45) is 5.92 Å². The Balaban J connectivity index is 1.99. The van der Waals surface area contributed by atoms with Gasteiger partial charge < -0.3 is 10.3 Å². The van der Waals surface area contributed by atoms with Gasteiger partial charge >= 0.3 is 0 Å². The van der Waals surface area contributed by atoms with Crippen LogP contribution >= 0.6 is 11.5 Å². The summed E-state index contributed by atoms with van der Waals surface area (Å²) in [5.74, 6) is 1.13. The predicted molar refractivity (Wildman–Crippen MR) is 70.3 cm³/mol. The van der Waals surface area contributed by atoms with E-state index in [9.17, 15) is 4.79 Å². The third kappa shape index (κ3) is 1.84. The van der Waals surface area contributed by atoms with E-state index in [4.69, 9.17) is 5.73 Å². The summed E-state index contributed by atoms with van der Waals surface area (Å²) in [4.78, 5) is 12.2. The predicted octanol–water partition coefficient (Wildman–Crippen LogP) is 2.23. The van der Waals surface area contributed by atoms with E-state index >= 15 is 0 Å². The molecule has 0 atom stereocenters. The Kier molecular flexibility index (Phi) is 2.63. The second kappa shape index (κ2) is 4.14. The minimum Gasteiger partial charge on any atom is -0.382 e. The fourth-order valence-electron chi connectivity index (χ4n) is 2.60. The Bertz CT molecular complexity index is 595. The average Bonchev–Trinajstić information content (AvgIpc) is 2.93. The van der Waals surface area contributed by atoms with Crippen LogP contribution in [0.1, 0.15) is 25.7 Å². The number of anilines is 1. The summed E-state index contributed by atoms with van der Waals surface area (Å²) < 4.78 is 6.53. The lowest BCUT2D eigenvalue weighted by Crippen LogP contribution is -2.22. The van der Waals surface area contributed by atoms with E-state index in [-0.39, 0.29) is 5.56 Å². The molecule has 4 nitrogen and oxygen atoms in total. The highest BCUT2D eigenvalue weighted by atomic mass is 32.1. The summed E-state index contributed by atoms with van der Waals surface area (Å²) in [5.41, 5.74) is 5.77. The van der Waals surface area contributed by atoms with Crippen molar-refractivity contribution in [3.63, 3.8) is 0 Å². The summed E-state index contributed by atoms with van der Waals surface area (Å²) >= 11 is 1.20. The second-order valence-corrected chi connectivity index (χ2v) is 5.51. The minimum absolute atomic E-state index is 0.0589. The molecule has 1 fully saturated rings. The van der Waals surface area contributed by atoms with Crippen molar-refractivity contribution in [1.29, 1.82) is 0 Å². The minimum atomic E-state index is 0.0589. The van der Waals surface area contributed by atoms with Gasteiger partial charge in [0.2, 0.25) is 0 Å². The molecule has 2 N–H and O–H groups in total. The molecule has 3 rings (SSSR count). The van der Waals surface area contributed by atoms with E-state index in [1.54, 1.807) is 0 Å². The molecule has 0 radical (unpaired) electrons. The maximum atomic E-state index is 12.2. The van der Waals surface area contributed by atoms with Gasteiger partial charge in [0, 0.05) is 18.1 Å². The molecule has 0 aromatic carbocycles. The molecule has 5 heteroatoms. The van der Waals surface area contributed by atoms with Gasteiger partial charge in [-0.15, -0.1) is 0 Å². The van der Waals surface area contributed by atoms with Gasteiger partial charge in [0.15, 0.2) is 0 Å². The zero-order valence-corrected chi connectivity index (χ0v) is 10.4. The van der Waals surface area contributed by atoms with Crippen molar-refractivity contribution in [2.45, 2.75) is 32.2 Å². The molecule has 0 amide bonds. The van der Waals surface area contributed by atoms with Crippen LogP contribution < -0.4 is 11.3 Å². The first-order valence-corrected chi connectivity index (χ1v) is 6.77. The van der Waals surface area contributed by atoms with Crippen LogP contribution in [0.4, 0.5) is 5.82 Å². The van der Waals surface area contributed by atoms with Crippen LogP contribution in [0.3, 0.4) is 0 Å². The van der Waals surface area contributed by atoms with Gasteiger partial charge in [-0.3, -0.25) is 4.79 Å². The largest absolute Gasteiger partial charge is 0.382 e. The topological polar surface area (TPSA) is 60.9 Å². The molecule has 1 aliphatic rings. The molecule has 2 aromatic rings. The van der Waals surface area contributed by atoms with Crippen LogP contribution in [0.2, 0.25) is 0 Å². The van der Waals surface area contributed by atoms with Gasteiger partial charge in [0.05, 0.1) is 0 Å². The van der Waals surface area contributed by atoms with Crippen molar-refractivity contribution in [3.05, 3.63) is 22.6 Å². The van der Waals surface area contributed by atoms with E-state index in [1.165, 1.54) is 37.2 Å². The van der Waals surface area contributed by atoms with Crippen molar-refractivity contribution >= 4 is 27.4 Å². The molecule has 1 saturated carbocycles. The van der Waals surface area contributed by atoms with Gasteiger partial charge in [-0.05, 0) is 36.4 Å². The number of hydrogen-bond donors (Lipinski definition) is 1. The standard InChI is InChI=1S/C12H15N3OS/c13-11-9-5-6-15(7-8-3-1-2-4-8)12(16)10(9)17-14-11/h5-6,8H,1-4,7H2,(H2,13,14). The van der Waals surface area contributed by atoms with Gasteiger partial charge in [-0.25, -0.2) is 0 Å². The summed E-state index contributed by atoms with van der Waals surface area (Å²) in [5, 5.41) is 0.794.